The van der Waals surface area contributed by atoms with Gasteiger partial charge in [0.05, 0.1) is 24.0 Å². The minimum absolute atomic E-state index is 0.410. The SMILES string of the molecule is N#CCN(Cc1nc(-c2cc(Br)cs2)no1)C1CC1. The Labute approximate surface area is 123 Å². The number of nitrogens with zero attached hydrogens (tertiary/aromatic N) is 4. The third-order valence-electron chi connectivity index (χ3n) is 2.93. The molecule has 0 amide bonds. The number of aromatic nitrogens is 2. The van der Waals surface area contributed by atoms with Crippen molar-refractivity contribution >= 4 is 27.3 Å². The van der Waals surface area contributed by atoms with E-state index in [1.807, 2.05) is 11.4 Å². The molecule has 0 unspecified atom stereocenters. The fourth-order valence-electron chi connectivity index (χ4n) is 1.87. The molecule has 0 N–H and O–H groups in total. The van der Waals surface area contributed by atoms with Gasteiger partial charge >= 0.3 is 0 Å². The summed E-state index contributed by atoms with van der Waals surface area (Å²) in [5, 5.41) is 14.8. The molecular formula is C12H11BrN4OS. The first-order valence-electron chi connectivity index (χ1n) is 5.94. The lowest BCUT2D eigenvalue weighted by molar-refractivity contribution is 0.240. The first-order chi connectivity index (χ1) is 9.26. The molecule has 1 fully saturated rings. The summed E-state index contributed by atoms with van der Waals surface area (Å²) in [7, 11) is 0. The Bertz CT molecular complexity index is 613. The molecule has 1 aliphatic carbocycles. The average molecular weight is 339 g/mol. The predicted octanol–water partition coefficient (Wildman–Crippen LogP) is 3.05. The summed E-state index contributed by atoms with van der Waals surface area (Å²) in [5.41, 5.74) is 0. The Morgan fingerprint density at radius 3 is 3.05 bits per heavy atom. The van der Waals surface area contributed by atoms with Crippen molar-refractivity contribution < 1.29 is 4.52 Å². The second-order valence-corrected chi connectivity index (χ2v) is 6.26. The van der Waals surface area contributed by atoms with Crippen molar-refractivity contribution in [3.05, 3.63) is 21.8 Å². The second-order valence-electron chi connectivity index (χ2n) is 4.44. The normalized spacial score (nSPS) is 14.8. The highest BCUT2D eigenvalue weighted by molar-refractivity contribution is 9.10. The molecule has 0 aliphatic heterocycles. The molecule has 19 heavy (non-hydrogen) atoms. The number of halogens is 1. The van der Waals surface area contributed by atoms with Crippen molar-refractivity contribution in [3.8, 4) is 16.8 Å². The molecule has 2 aromatic rings. The van der Waals surface area contributed by atoms with Crippen LogP contribution in [0.5, 0.6) is 0 Å². The van der Waals surface area contributed by atoms with E-state index >= 15 is 0 Å². The zero-order chi connectivity index (χ0) is 13.2. The van der Waals surface area contributed by atoms with Crippen LogP contribution in [0.4, 0.5) is 0 Å². The van der Waals surface area contributed by atoms with Crippen LogP contribution in [0.15, 0.2) is 20.4 Å². The van der Waals surface area contributed by atoms with Gasteiger partial charge in [-0.2, -0.15) is 10.2 Å². The number of nitriles is 1. The van der Waals surface area contributed by atoms with Gasteiger partial charge in [-0.15, -0.1) is 11.3 Å². The van der Waals surface area contributed by atoms with E-state index in [2.05, 4.69) is 37.0 Å². The lowest BCUT2D eigenvalue weighted by atomic mass is 10.4. The van der Waals surface area contributed by atoms with Crippen LogP contribution in [-0.4, -0.2) is 27.6 Å². The molecule has 0 bridgehead atoms. The topological polar surface area (TPSA) is 66.0 Å². The van der Waals surface area contributed by atoms with Crippen molar-refractivity contribution in [1.82, 2.24) is 15.0 Å². The van der Waals surface area contributed by atoms with Crippen LogP contribution in [0.2, 0.25) is 0 Å². The zero-order valence-corrected chi connectivity index (χ0v) is 12.4. The smallest absolute Gasteiger partial charge is 0.241 e. The van der Waals surface area contributed by atoms with Crippen molar-refractivity contribution in [2.75, 3.05) is 6.54 Å². The Hall–Kier alpha value is -1.23. The molecular weight excluding hydrogens is 328 g/mol. The zero-order valence-electron chi connectivity index (χ0n) is 10.0. The highest BCUT2D eigenvalue weighted by atomic mass is 79.9. The summed E-state index contributed by atoms with van der Waals surface area (Å²) in [4.78, 5) is 7.44. The summed E-state index contributed by atoms with van der Waals surface area (Å²) in [6.45, 7) is 0.963. The van der Waals surface area contributed by atoms with Gasteiger partial charge in [-0.1, -0.05) is 5.16 Å². The number of hydrogen-bond acceptors (Lipinski definition) is 6. The van der Waals surface area contributed by atoms with Gasteiger partial charge in [0.1, 0.15) is 0 Å². The van der Waals surface area contributed by atoms with Crippen LogP contribution in [0.3, 0.4) is 0 Å². The van der Waals surface area contributed by atoms with E-state index in [0.717, 1.165) is 22.2 Å². The molecule has 3 rings (SSSR count). The molecule has 0 saturated heterocycles. The van der Waals surface area contributed by atoms with Crippen LogP contribution >= 0.6 is 27.3 Å². The van der Waals surface area contributed by atoms with E-state index in [4.69, 9.17) is 9.78 Å². The van der Waals surface area contributed by atoms with Gasteiger partial charge in [0.15, 0.2) is 0 Å². The predicted molar refractivity (Wildman–Crippen MR) is 74.4 cm³/mol. The summed E-state index contributed by atoms with van der Waals surface area (Å²) >= 11 is 4.97. The van der Waals surface area contributed by atoms with Crippen molar-refractivity contribution in [1.29, 1.82) is 5.26 Å². The molecule has 0 radical (unpaired) electrons. The minimum atomic E-state index is 0.410. The van der Waals surface area contributed by atoms with Gasteiger partial charge in [0, 0.05) is 15.9 Å². The fraction of sp³-hybridized carbons (Fsp3) is 0.417. The number of hydrogen-bond donors (Lipinski definition) is 0. The first-order valence-corrected chi connectivity index (χ1v) is 7.61. The minimum Gasteiger partial charge on any atom is -0.338 e. The van der Waals surface area contributed by atoms with Gasteiger partial charge in [0.25, 0.3) is 0 Å². The highest BCUT2D eigenvalue weighted by Gasteiger charge is 2.30. The maximum Gasteiger partial charge on any atom is 0.241 e. The van der Waals surface area contributed by atoms with Crippen LogP contribution in [0.1, 0.15) is 18.7 Å². The van der Waals surface area contributed by atoms with Crippen LogP contribution in [0.25, 0.3) is 10.7 Å². The average Bonchev–Trinajstić information content (AvgIpc) is 2.99. The van der Waals surface area contributed by atoms with Crippen LogP contribution in [0, 0.1) is 11.3 Å². The van der Waals surface area contributed by atoms with Gasteiger partial charge in [-0.05, 0) is 34.8 Å². The molecule has 98 valence electrons. The number of thiophene rings is 1. The van der Waals surface area contributed by atoms with Crippen molar-refractivity contribution in [3.63, 3.8) is 0 Å². The summed E-state index contributed by atoms with van der Waals surface area (Å²) in [6.07, 6.45) is 2.31. The first kappa shape index (κ1) is 12.8. The molecule has 0 atom stereocenters. The second kappa shape index (κ2) is 5.41. The van der Waals surface area contributed by atoms with E-state index in [1.54, 1.807) is 11.3 Å². The van der Waals surface area contributed by atoms with E-state index in [9.17, 15) is 0 Å². The van der Waals surface area contributed by atoms with E-state index in [0.29, 0.717) is 30.8 Å². The summed E-state index contributed by atoms with van der Waals surface area (Å²) < 4.78 is 6.28. The lowest BCUT2D eigenvalue weighted by Crippen LogP contribution is -2.25. The third kappa shape index (κ3) is 3.03. The largest absolute Gasteiger partial charge is 0.338 e. The van der Waals surface area contributed by atoms with E-state index < -0.39 is 0 Å². The summed E-state index contributed by atoms with van der Waals surface area (Å²) in [6, 6.07) is 4.65. The lowest BCUT2D eigenvalue weighted by Gasteiger charge is -2.14. The molecule has 0 aromatic carbocycles. The maximum absolute atomic E-state index is 8.82. The summed E-state index contributed by atoms with van der Waals surface area (Å²) in [5.74, 6) is 1.18. The van der Waals surface area contributed by atoms with Gasteiger partial charge in [-0.3, -0.25) is 4.90 Å². The molecule has 2 heterocycles. The quantitative estimate of drug-likeness (QED) is 0.784. The van der Waals surface area contributed by atoms with Crippen molar-refractivity contribution in [2.24, 2.45) is 0 Å². The Morgan fingerprint density at radius 1 is 1.58 bits per heavy atom. The fourth-order valence-corrected chi connectivity index (χ4v) is 3.22. The molecule has 2 aromatic heterocycles. The molecule has 1 aliphatic rings. The highest BCUT2D eigenvalue weighted by Crippen LogP contribution is 2.30. The molecule has 1 saturated carbocycles. The van der Waals surface area contributed by atoms with E-state index in [1.165, 1.54) is 0 Å². The van der Waals surface area contributed by atoms with Gasteiger partial charge in [-0.25, -0.2) is 0 Å². The van der Waals surface area contributed by atoms with Crippen molar-refractivity contribution in [2.45, 2.75) is 25.4 Å². The maximum atomic E-state index is 8.82. The van der Waals surface area contributed by atoms with Crippen LogP contribution in [-0.2, 0) is 6.54 Å². The van der Waals surface area contributed by atoms with Gasteiger partial charge in [0.2, 0.25) is 11.7 Å². The van der Waals surface area contributed by atoms with Gasteiger partial charge < -0.3 is 4.52 Å². The van der Waals surface area contributed by atoms with Crippen LogP contribution < -0.4 is 0 Å². The third-order valence-corrected chi connectivity index (χ3v) is 4.62. The molecule has 5 nitrogen and oxygen atoms in total. The molecule has 7 heteroatoms. The Kier molecular flexibility index (Phi) is 3.64. The molecule has 0 spiro atoms. The Balaban J connectivity index is 1.72. The van der Waals surface area contributed by atoms with E-state index in [-0.39, 0.29) is 0 Å². The number of rotatable bonds is 5. The standard InChI is InChI=1S/C12H11BrN4OS/c13-8-5-10(19-7-8)12-15-11(18-16-12)6-17(4-3-14)9-1-2-9/h5,7,9H,1-2,4,6H2. The Morgan fingerprint density at radius 2 is 2.42 bits per heavy atom. The monoisotopic (exact) mass is 338 g/mol.